The Balaban J connectivity index is 1.91. The molecule has 0 saturated heterocycles. The molecule has 1 N–H and O–H groups in total. The molecule has 1 aliphatic rings. The fourth-order valence-corrected chi connectivity index (χ4v) is 2.56. The van der Waals surface area contributed by atoms with Gasteiger partial charge in [-0.05, 0) is 51.1 Å². The third-order valence-electron chi connectivity index (χ3n) is 3.75. The molecule has 0 fully saturated rings. The first-order valence-corrected chi connectivity index (χ1v) is 8.52. The highest BCUT2D eigenvalue weighted by Crippen LogP contribution is 2.30. The molecule has 3 nitrogen and oxygen atoms in total. The van der Waals surface area contributed by atoms with E-state index in [1.807, 2.05) is 57.2 Å². The summed E-state index contributed by atoms with van der Waals surface area (Å²) in [6.07, 6.45) is -2.49. The van der Waals surface area contributed by atoms with Crippen LogP contribution in [-0.4, -0.2) is 17.1 Å². The Morgan fingerprint density at radius 1 is 0.889 bits per heavy atom. The zero-order chi connectivity index (χ0) is 19.7. The van der Waals surface area contributed by atoms with Crippen LogP contribution in [0.15, 0.2) is 76.4 Å². The SMILES string of the molecule is CC(C)(C)N=C1N=C(c2ccccc2)C=C1Nc1ccc(C(F)(F)F)cc1. The Morgan fingerprint density at radius 3 is 2.07 bits per heavy atom. The van der Waals surface area contributed by atoms with E-state index in [2.05, 4.69) is 15.3 Å². The zero-order valence-corrected chi connectivity index (χ0v) is 15.3. The lowest BCUT2D eigenvalue weighted by molar-refractivity contribution is -0.137. The summed E-state index contributed by atoms with van der Waals surface area (Å²) >= 11 is 0. The molecule has 0 aliphatic carbocycles. The van der Waals surface area contributed by atoms with E-state index >= 15 is 0 Å². The highest BCUT2D eigenvalue weighted by molar-refractivity contribution is 6.25. The quantitative estimate of drug-likeness (QED) is 0.738. The van der Waals surface area contributed by atoms with Crippen molar-refractivity contribution in [2.24, 2.45) is 9.98 Å². The van der Waals surface area contributed by atoms with E-state index in [1.54, 1.807) is 0 Å². The summed E-state index contributed by atoms with van der Waals surface area (Å²) < 4.78 is 38.2. The van der Waals surface area contributed by atoms with Gasteiger partial charge in [0.1, 0.15) is 0 Å². The van der Waals surface area contributed by atoms with Gasteiger partial charge in [0, 0.05) is 11.3 Å². The minimum atomic E-state index is -4.35. The van der Waals surface area contributed by atoms with Gasteiger partial charge in [0.2, 0.25) is 0 Å². The maximum Gasteiger partial charge on any atom is 0.416 e. The van der Waals surface area contributed by atoms with Gasteiger partial charge < -0.3 is 5.32 Å². The molecule has 6 heteroatoms. The minimum Gasteiger partial charge on any atom is -0.352 e. The Labute approximate surface area is 156 Å². The molecule has 140 valence electrons. The lowest BCUT2D eigenvalue weighted by atomic mass is 10.1. The molecular formula is C21H20F3N3. The third-order valence-corrected chi connectivity index (χ3v) is 3.75. The number of hydrogen-bond acceptors (Lipinski definition) is 2. The first-order chi connectivity index (χ1) is 12.6. The standard InChI is InChI=1S/C21H20F3N3/c1-20(2,3)27-19-18(13-17(26-19)14-7-5-4-6-8-14)25-16-11-9-15(10-12-16)21(22,23)24/h4-13H,1-3H3,(H,25,26,27). The van der Waals surface area contributed by atoms with Crippen LogP contribution in [0.2, 0.25) is 0 Å². The fraction of sp³-hybridized carbons (Fsp3) is 0.238. The summed E-state index contributed by atoms with van der Waals surface area (Å²) in [6, 6.07) is 14.6. The molecule has 0 unspecified atom stereocenters. The predicted molar refractivity (Wildman–Crippen MR) is 103 cm³/mol. The van der Waals surface area contributed by atoms with Crippen LogP contribution < -0.4 is 5.32 Å². The molecule has 27 heavy (non-hydrogen) atoms. The summed E-state index contributed by atoms with van der Waals surface area (Å²) in [7, 11) is 0. The number of anilines is 1. The van der Waals surface area contributed by atoms with E-state index in [4.69, 9.17) is 0 Å². The largest absolute Gasteiger partial charge is 0.416 e. The highest BCUT2D eigenvalue weighted by atomic mass is 19.4. The van der Waals surface area contributed by atoms with Crippen molar-refractivity contribution in [3.63, 3.8) is 0 Å². The molecule has 2 aromatic rings. The molecule has 2 aromatic carbocycles. The van der Waals surface area contributed by atoms with Gasteiger partial charge >= 0.3 is 6.18 Å². The van der Waals surface area contributed by atoms with Crippen molar-refractivity contribution in [2.75, 3.05) is 5.32 Å². The van der Waals surface area contributed by atoms with Crippen LogP contribution in [0.1, 0.15) is 31.9 Å². The molecule has 0 atom stereocenters. The van der Waals surface area contributed by atoms with Crippen molar-refractivity contribution in [3.05, 3.63) is 77.5 Å². The molecule has 0 radical (unpaired) electrons. The molecule has 0 spiro atoms. The lowest BCUT2D eigenvalue weighted by Crippen LogP contribution is -2.16. The molecule has 0 amide bonds. The average molecular weight is 371 g/mol. The van der Waals surface area contributed by atoms with Crippen molar-refractivity contribution < 1.29 is 13.2 Å². The number of nitrogens with one attached hydrogen (secondary N) is 1. The van der Waals surface area contributed by atoms with Gasteiger partial charge in [-0.1, -0.05) is 30.3 Å². The minimum absolute atomic E-state index is 0.341. The van der Waals surface area contributed by atoms with Crippen LogP contribution in [-0.2, 0) is 6.18 Å². The van der Waals surface area contributed by atoms with Crippen LogP contribution in [0.5, 0.6) is 0 Å². The molecule has 3 rings (SSSR count). The molecule has 0 saturated carbocycles. The van der Waals surface area contributed by atoms with Crippen LogP contribution >= 0.6 is 0 Å². The molecule has 1 heterocycles. The number of halogens is 3. The summed E-state index contributed by atoms with van der Waals surface area (Å²) in [5.41, 5.74) is 1.88. The van der Waals surface area contributed by atoms with Crippen molar-refractivity contribution in [2.45, 2.75) is 32.5 Å². The van der Waals surface area contributed by atoms with Gasteiger partial charge in [-0.15, -0.1) is 0 Å². The summed E-state index contributed by atoms with van der Waals surface area (Å²) in [5.74, 6) is 0.529. The van der Waals surface area contributed by atoms with Gasteiger partial charge in [0.05, 0.1) is 22.5 Å². The zero-order valence-electron chi connectivity index (χ0n) is 15.3. The van der Waals surface area contributed by atoms with E-state index < -0.39 is 11.7 Å². The van der Waals surface area contributed by atoms with Gasteiger partial charge in [-0.2, -0.15) is 13.2 Å². The average Bonchev–Trinajstić information content (AvgIpc) is 2.96. The fourth-order valence-electron chi connectivity index (χ4n) is 2.56. The lowest BCUT2D eigenvalue weighted by Gasteiger charge is -2.15. The number of amidine groups is 1. The van der Waals surface area contributed by atoms with Crippen molar-refractivity contribution in [3.8, 4) is 0 Å². The number of aliphatic imine (C=N–C) groups is 2. The maximum absolute atomic E-state index is 12.7. The second-order valence-corrected chi connectivity index (χ2v) is 7.23. The van der Waals surface area contributed by atoms with Crippen molar-refractivity contribution in [1.82, 2.24) is 0 Å². The van der Waals surface area contributed by atoms with E-state index in [0.29, 0.717) is 17.2 Å². The van der Waals surface area contributed by atoms with Crippen LogP contribution in [0.3, 0.4) is 0 Å². The van der Waals surface area contributed by atoms with E-state index in [0.717, 1.165) is 23.4 Å². The number of nitrogens with zero attached hydrogens (tertiary/aromatic N) is 2. The highest BCUT2D eigenvalue weighted by Gasteiger charge is 2.30. The Kier molecular flexibility index (Phi) is 4.91. The topological polar surface area (TPSA) is 36.8 Å². The smallest absolute Gasteiger partial charge is 0.352 e. The monoisotopic (exact) mass is 371 g/mol. The maximum atomic E-state index is 12.7. The molecule has 0 aromatic heterocycles. The van der Waals surface area contributed by atoms with Crippen molar-refractivity contribution in [1.29, 1.82) is 0 Å². The number of benzene rings is 2. The van der Waals surface area contributed by atoms with E-state index in [9.17, 15) is 13.2 Å². The van der Waals surface area contributed by atoms with E-state index in [-0.39, 0.29) is 5.54 Å². The van der Waals surface area contributed by atoms with Crippen molar-refractivity contribution >= 4 is 17.2 Å². The second-order valence-electron chi connectivity index (χ2n) is 7.23. The number of rotatable bonds is 3. The third kappa shape index (κ3) is 4.84. The Morgan fingerprint density at radius 2 is 1.52 bits per heavy atom. The predicted octanol–water partition coefficient (Wildman–Crippen LogP) is 5.70. The van der Waals surface area contributed by atoms with E-state index in [1.165, 1.54) is 12.1 Å². The first-order valence-electron chi connectivity index (χ1n) is 8.52. The number of allylic oxidation sites excluding steroid dienone is 1. The summed E-state index contributed by atoms with van der Waals surface area (Å²) in [4.78, 5) is 9.25. The van der Waals surface area contributed by atoms with Crippen LogP contribution in [0, 0.1) is 0 Å². The van der Waals surface area contributed by atoms with Gasteiger partial charge in [0.25, 0.3) is 0 Å². The second kappa shape index (κ2) is 7.02. The molecule has 1 aliphatic heterocycles. The summed E-state index contributed by atoms with van der Waals surface area (Å²) in [5, 5.41) is 3.14. The summed E-state index contributed by atoms with van der Waals surface area (Å²) in [6.45, 7) is 5.89. The van der Waals surface area contributed by atoms with Crippen LogP contribution in [0.25, 0.3) is 0 Å². The van der Waals surface area contributed by atoms with Gasteiger partial charge in [-0.25, -0.2) is 4.99 Å². The number of alkyl halides is 3. The number of hydrogen-bond donors (Lipinski definition) is 1. The Hall–Kier alpha value is -2.89. The van der Waals surface area contributed by atoms with Gasteiger partial charge in [-0.3, -0.25) is 4.99 Å². The first kappa shape index (κ1) is 18.9. The van der Waals surface area contributed by atoms with Gasteiger partial charge in [0.15, 0.2) is 5.84 Å². The van der Waals surface area contributed by atoms with Crippen LogP contribution in [0.4, 0.5) is 18.9 Å². The normalized spacial score (nSPS) is 16.3. The Bertz CT molecular complexity index is 900. The molecular weight excluding hydrogens is 351 g/mol. The molecule has 0 bridgehead atoms.